The Morgan fingerprint density at radius 2 is 1.89 bits per heavy atom. The number of fused-ring (bicyclic) bond motifs is 1. The number of halogens is 2. The SMILES string of the molecule is NNC(Cc1cc(Cl)ccc1Cl)C1C2CCCCC21. The molecule has 0 bridgehead atoms. The number of nitrogens with one attached hydrogen (secondary N) is 1. The number of nitrogens with two attached hydrogens (primary N) is 1. The summed E-state index contributed by atoms with van der Waals surface area (Å²) in [5.41, 5.74) is 4.11. The highest BCUT2D eigenvalue weighted by Crippen LogP contribution is 2.57. The predicted molar refractivity (Wildman–Crippen MR) is 80.2 cm³/mol. The third-order valence-corrected chi connectivity index (χ3v) is 5.45. The fourth-order valence-corrected chi connectivity index (χ4v) is 4.28. The van der Waals surface area contributed by atoms with Crippen molar-refractivity contribution in [1.82, 2.24) is 5.43 Å². The first-order chi connectivity index (χ1) is 9.20. The highest BCUT2D eigenvalue weighted by atomic mass is 35.5. The number of hydrazine groups is 1. The van der Waals surface area contributed by atoms with Crippen LogP contribution in [0, 0.1) is 17.8 Å². The first-order valence-electron chi connectivity index (χ1n) is 7.10. The van der Waals surface area contributed by atoms with Crippen LogP contribution in [-0.4, -0.2) is 6.04 Å². The molecule has 0 heterocycles. The van der Waals surface area contributed by atoms with Gasteiger partial charge in [0.25, 0.3) is 0 Å². The average molecular weight is 299 g/mol. The number of hydrogen-bond donors (Lipinski definition) is 2. The maximum atomic E-state index is 6.25. The van der Waals surface area contributed by atoms with E-state index in [2.05, 4.69) is 5.43 Å². The van der Waals surface area contributed by atoms with Crippen molar-refractivity contribution in [3.63, 3.8) is 0 Å². The first kappa shape index (κ1) is 13.7. The predicted octanol–water partition coefficient (Wildman–Crippen LogP) is 3.80. The second-order valence-electron chi connectivity index (χ2n) is 5.90. The molecule has 1 aromatic carbocycles. The van der Waals surface area contributed by atoms with E-state index < -0.39 is 0 Å². The van der Waals surface area contributed by atoms with Crippen molar-refractivity contribution in [2.75, 3.05) is 0 Å². The molecule has 0 aromatic heterocycles. The van der Waals surface area contributed by atoms with Crippen molar-refractivity contribution < 1.29 is 0 Å². The van der Waals surface area contributed by atoms with Gasteiger partial charge in [-0.2, -0.15) is 0 Å². The molecule has 3 atom stereocenters. The number of benzene rings is 1. The Morgan fingerprint density at radius 1 is 1.21 bits per heavy atom. The lowest BCUT2D eigenvalue weighted by molar-refractivity contribution is 0.437. The van der Waals surface area contributed by atoms with E-state index in [1.54, 1.807) is 0 Å². The third-order valence-electron chi connectivity index (χ3n) is 4.85. The smallest absolute Gasteiger partial charge is 0.0439 e. The summed E-state index contributed by atoms with van der Waals surface area (Å²) in [6.45, 7) is 0. The summed E-state index contributed by atoms with van der Waals surface area (Å²) in [5.74, 6) is 8.27. The van der Waals surface area contributed by atoms with Crippen LogP contribution in [0.25, 0.3) is 0 Å². The van der Waals surface area contributed by atoms with Gasteiger partial charge in [0.1, 0.15) is 0 Å². The molecule has 0 saturated heterocycles. The maximum Gasteiger partial charge on any atom is 0.0439 e. The minimum atomic E-state index is 0.323. The Labute approximate surface area is 124 Å². The fourth-order valence-electron chi connectivity index (χ4n) is 3.89. The zero-order chi connectivity index (χ0) is 13.4. The van der Waals surface area contributed by atoms with Crippen LogP contribution in [0.5, 0.6) is 0 Å². The molecule has 1 aromatic rings. The minimum absolute atomic E-state index is 0.323. The summed E-state index contributed by atoms with van der Waals surface area (Å²) in [6, 6.07) is 5.98. The Hall–Kier alpha value is -0.280. The van der Waals surface area contributed by atoms with Crippen molar-refractivity contribution in [1.29, 1.82) is 0 Å². The van der Waals surface area contributed by atoms with Gasteiger partial charge in [-0.1, -0.05) is 36.0 Å². The van der Waals surface area contributed by atoms with E-state index >= 15 is 0 Å². The molecular formula is C15H20Cl2N2. The summed E-state index contributed by atoms with van der Waals surface area (Å²) >= 11 is 12.3. The molecule has 0 spiro atoms. The minimum Gasteiger partial charge on any atom is -0.271 e. The molecule has 2 fully saturated rings. The van der Waals surface area contributed by atoms with Crippen molar-refractivity contribution in [3.8, 4) is 0 Å². The molecule has 19 heavy (non-hydrogen) atoms. The quantitative estimate of drug-likeness (QED) is 0.655. The Bertz CT molecular complexity index is 451. The lowest BCUT2D eigenvalue weighted by atomic mass is 10.0. The van der Waals surface area contributed by atoms with Crippen LogP contribution in [-0.2, 0) is 6.42 Å². The standard InChI is InChI=1S/C15H20Cl2N2/c16-10-5-6-13(17)9(7-10)8-14(19-18)15-11-3-1-2-4-12(11)15/h5-7,11-12,14-15,19H,1-4,8,18H2. The van der Waals surface area contributed by atoms with Gasteiger partial charge in [-0.15, -0.1) is 0 Å². The molecule has 2 aliphatic rings. The maximum absolute atomic E-state index is 6.25. The van der Waals surface area contributed by atoms with E-state index in [1.165, 1.54) is 25.7 Å². The van der Waals surface area contributed by atoms with Gasteiger partial charge in [0.2, 0.25) is 0 Å². The van der Waals surface area contributed by atoms with Gasteiger partial charge >= 0.3 is 0 Å². The van der Waals surface area contributed by atoms with Crippen LogP contribution in [0.2, 0.25) is 10.0 Å². The normalized spacial score (nSPS) is 30.8. The van der Waals surface area contributed by atoms with Gasteiger partial charge < -0.3 is 0 Å². The molecule has 4 heteroatoms. The van der Waals surface area contributed by atoms with Crippen LogP contribution < -0.4 is 11.3 Å². The van der Waals surface area contributed by atoms with E-state index in [-0.39, 0.29) is 0 Å². The van der Waals surface area contributed by atoms with E-state index in [9.17, 15) is 0 Å². The van der Waals surface area contributed by atoms with Crippen LogP contribution in [0.1, 0.15) is 31.2 Å². The van der Waals surface area contributed by atoms with Gasteiger partial charge in [0.05, 0.1) is 0 Å². The van der Waals surface area contributed by atoms with Crippen molar-refractivity contribution in [2.24, 2.45) is 23.6 Å². The first-order valence-corrected chi connectivity index (χ1v) is 7.86. The van der Waals surface area contributed by atoms with Gasteiger partial charge in [-0.25, -0.2) is 0 Å². The lowest BCUT2D eigenvalue weighted by Gasteiger charge is -2.17. The van der Waals surface area contributed by atoms with Crippen LogP contribution in [0.15, 0.2) is 18.2 Å². The van der Waals surface area contributed by atoms with E-state index in [0.29, 0.717) is 6.04 Å². The molecule has 2 saturated carbocycles. The zero-order valence-electron chi connectivity index (χ0n) is 10.9. The zero-order valence-corrected chi connectivity index (χ0v) is 12.4. The monoisotopic (exact) mass is 298 g/mol. The molecule has 0 radical (unpaired) electrons. The molecule has 2 nitrogen and oxygen atoms in total. The molecule has 3 unspecified atom stereocenters. The second-order valence-corrected chi connectivity index (χ2v) is 6.75. The Kier molecular flexibility index (Phi) is 4.04. The molecule has 3 N–H and O–H groups in total. The van der Waals surface area contributed by atoms with Crippen LogP contribution in [0.4, 0.5) is 0 Å². The second kappa shape index (κ2) is 5.61. The molecule has 0 amide bonds. The van der Waals surface area contributed by atoms with Crippen LogP contribution in [0.3, 0.4) is 0 Å². The summed E-state index contributed by atoms with van der Waals surface area (Å²) < 4.78 is 0. The summed E-state index contributed by atoms with van der Waals surface area (Å²) in [7, 11) is 0. The van der Waals surface area contributed by atoms with Gasteiger partial charge in [0.15, 0.2) is 0 Å². The van der Waals surface area contributed by atoms with Gasteiger partial charge in [-0.05, 0) is 60.8 Å². The van der Waals surface area contributed by atoms with Crippen molar-refractivity contribution in [2.45, 2.75) is 38.1 Å². The summed E-state index contributed by atoms with van der Waals surface area (Å²) in [6.07, 6.45) is 6.38. The van der Waals surface area contributed by atoms with E-state index in [4.69, 9.17) is 29.0 Å². The lowest BCUT2D eigenvalue weighted by Crippen LogP contribution is -2.39. The van der Waals surface area contributed by atoms with Crippen molar-refractivity contribution in [3.05, 3.63) is 33.8 Å². The molecule has 2 aliphatic carbocycles. The molecule has 0 aliphatic heterocycles. The molecular weight excluding hydrogens is 279 g/mol. The van der Waals surface area contributed by atoms with Gasteiger partial charge in [-0.3, -0.25) is 11.3 Å². The van der Waals surface area contributed by atoms with Crippen LogP contribution >= 0.6 is 23.2 Å². The summed E-state index contributed by atoms with van der Waals surface area (Å²) in [5, 5.41) is 1.52. The number of rotatable bonds is 4. The number of hydrogen-bond acceptors (Lipinski definition) is 2. The summed E-state index contributed by atoms with van der Waals surface area (Å²) in [4.78, 5) is 0. The Balaban J connectivity index is 1.72. The van der Waals surface area contributed by atoms with E-state index in [0.717, 1.165) is 39.8 Å². The third kappa shape index (κ3) is 2.78. The highest BCUT2D eigenvalue weighted by molar-refractivity contribution is 6.33. The Morgan fingerprint density at radius 3 is 2.53 bits per heavy atom. The highest BCUT2D eigenvalue weighted by Gasteiger charge is 2.53. The molecule has 104 valence electrons. The van der Waals surface area contributed by atoms with E-state index in [1.807, 2.05) is 18.2 Å². The largest absolute Gasteiger partial charge is 0.271 e. The fraction of sp³-hybridized carbons (Fsp3) is 0.600. The molecule has 3 rings (SSSR count). The van der Waals surface area contributed by atoms with Crippen molar-refractivity contribution >= 4 is 23.2 Å². The average Bonchev–Trinajstić information content (AvgIpc) is 3.14. The van der Waals surface area contributed by atoms with Gasteiger partial charge in [0, 0.05) is 16.1 Å². The topological polar surface area (TPSA) is 38.0 Å².